The minimum absolute atomic E-state index is 0.00472. The lowest BCUT2D eigenvalue weighted by atomic mass is 10.1. The van der Waals surface area contributed by atoms with E-state index in [1.807, 2.05) is 0 Å². The number of carbonyl (C=O) groups is 2. The third-order valence-electron chi connectivity index (χ3n) is 3.26. The zero-order valence-corrected chi connectivity index (χ0v) is 8.68. The molecule has 2 aliphatic heterocycles. The van der Waals surface area contributed by atoms with Gasteiger partial charge in [-0.25, -0.2) is 0 Å². The van der Waals surface area contributed by atoms with Gasteiger partial charge >= 0.3 is 0 Å². The minimum atomic E-state index is -0.186. The van der Waals surface area contributed by atoms with Crippen molar-refractivity contribution in [2.45, 2.75) is 18.5 Å². The summed E-state index contributed by atoms with van der Waals surface area (Å²) in [6.07, 6.45) is 2.30. The molecule has 3 rings (SSSR count). The van der Waals surface area contributed by atoms with E-state index < -0.39 is 0 Å². The molecule has 2 saturated heterocycles. The molecule has 84 valence electrons. The summed E-state index contributed by atoms with van der Waals surface area (Å²) >= 11 is 0. The van der Waals surface area contributed by atoms with E-state index in [1.165, 1.54) is 6.26 Å². The normalized spacial score (nSPS) is 28.5. The number of likely N-dealkylation sites (tertiary alicyclic amines) is 1. The fourth-order valence-corrected chi connectivity index (χ4v) is 2.50. The monoisotopic (exact) mass is 220 g/mol. The van der Waals surface area contributed by atoms with Crippen LogP contribution in [0.5, 0.6) is 0 Å². The predicted molar refractivity (Wildman–Crippen MR) is 54.9 cm³/mol. The Hall–Kier alpha value is -1.62. The van der Waals surface area contributed by atoms with Crippen molar-refractivity contribution in [3.63, 3.8) is 0 Å². The molecule has 0 radical (unpaired) electrons. The van der Waals surface area contributed by atoms with Crippen molar-refractivity contribution in [2.24, 2.45) is 0 Å². The van der Waals surface area contributed by atoms with Crippen molar-refractivity contribution >= 4 is 11.7 Å². The highest BCUT2D eigenvalue weighted by Crippen LogP contribution is 2.24. The minimum Gasteiger partial charge on any atom is -0.459 e. The zero-order valence-electron chi connectivity index (χ0n) is 8.68. The van der Waals surface area contributed by atoms with Gasteiger partial charge in [-0.1, -0.05) is 0 Å². The summed E-state index contributed by atoms with van der Waals surface area (Å²) in [5.41, 5.74) is 0. The average Bonchev–Trinajstić information content (AvgIpc) is 2.94. The van der Waals surface area contributed by atoms with Gasteiger partial charge in [-0.05, 0) is 25.1 Å². The summed E-state index contributed by atoms with van der Waals surface area (Å²) in [4.78, 5) is 25.3. The van der Waals surface area contributed by atoms with Gasteiger partial charge in [0.15, 0.2) is 11.5 Å². The number of fused-ring (bicyclic) bond motifs is 1. The van der Waals surface area contributed by atoms with Crippen LogP contribution in [0.3, 0.4) is 0 Å². The SMILES string of the molecule is O=C1CN(C(=O)c2ccco2)C2CCNC12. The van der Waals surface area contributed by atoms with Gasteiger partial charge in [0.1, 0.15) is 0 Å². The number of nitrogens with zero attached hydrogens (tertiary/aromatic N) is 1. The van der Waals surface area contributed by atoms with Crippen molar-refractivity contribution in [1.82, 2.24) is 10.2 Å². The average molecular weight is 220 g/mol. The van der Waals surface area contributed by atoms with Crippen LogP contribution in [0.25, 0.3) is 0 Å². The number of ketones is 1. The van der Waals surface area contributed by atoms with Crippen molar-refractivity contribution in [1.29, 1.82) is 0 Å². The van der Waals surface area contributed by atoms with Crippen molar-refractivity contribution in [3.05, 3.63) is 24.2 Å². The van der Waals surface area contributed by atoms with Crippen LogP contribution in [0.1, 0.15) is 17.0 Å². The molecule has 16 heavy (non-hydrogen) atoms. The van der Waals surface area contributed by atoms with Crippen LogP contribution in [-0.4, -0.2) is 41.8 Å². The van der Waals surface area contributed by atoms with E-state index in [1.54, 1.807) is 17.0 Å². The smallest absolute Gasteiger partial charge is 0.290 e. The first-order chi connectivity index (χ1) is 7.77. The number of nitrogens with one attached hydrogen (secondary N) is 1. The molecule has 0 aliphatic carbocycles. The quantitative estimate of drug-likeness (QED) is 0.725. The zero-order chi connectivity index (χ0) is 11.1. The fourth-order valence-electron chi connectivity index (χ4n) is 2.50. The number of carbonyl (C=O) groups excluding carboxylic acids is 2. The van der Waals surface area contributed by atoms with Crippen LogP contribution in [-0.2, 0) is 4.79 Å². The summed E-state index contributed by atoms with van der Waals surface area (Å²) in [5, 5.41) is 3.12. The molecule has 3 heterocycles. The van der Waals surface area contributed by atoms with Crippen molar-refractivity contribution in [3.8, 4) is 0 Å². The molecule has 1 N–H and O–H groups in total. The maximum absolute atomic E-state index is 12.0. The van der Waals surface area contributed by atoms with Crippen LogP contribution in [0.15, 0.2) is 22.8 Å². The summed E-state index contributed by atoms with van der Waals surface area (Å²) in [7, 11) is 0. The highest BCUT2D eigenvalue weighted by molar-refractivity contribution is 5.99. The maximum atomic E-state index is 12.0. The topological polar surface area (TPSA) is 62.6 Å². The van der Waals surface area contributed by atoms with Gasteiger partial charge in [0.05, 0.1) is 24.9 Å². The summed E-state index contributed by atoms with van der Waals surface area (Å²) in [6, 6.07) is 3.14. The first-order valence-electron chi connectivity index (χ1n) is 5.38. The number of Topliss-reactive ketones (excluding diaryl/α,β-unsaturated/α-hetero) is 1. The largest absolute Gasteiger partial charge is 0.459 e. The van der Waals surface area contributed by atoms with E-state index >= 15 is 0 Å². The van der Waals surface area contributed by atoms with Gasteiger partial charge < -0.3 is 14.6 Å². The molecule has 2 aliphatic rings. The van der Waals surface area contributed by atoms with Crippen molar-refractivity contribution < 1.29 is 14.0 Å². The molecule has 5 heteroatoms. The van der Waals surface area contributed by atoms with Gasteiger partial charge in [0.25, 0.3) is 5.91 Å². The van der Waals surface area contributed by atoms with Crippen molar-refractivity contribution in [2.75, 3.05) is 13.1 Å². The second-order valence-electron chi connectivity index (χ2n) is 4.16. The third-order valence-corrected chi connectivity index (χ3v) is 3.26. The molecule has 0 spiro atoms. The molecule has 5 nitrogen and oxygen atoms in total. The fraction of sp³-hybridized carbons (Fsp3) is 0.455. The van der Waals surface area contributed by atoms with E-state index in [-0.39, 0.29) is 30.3 Å². The van der Waals surface area contributed by atoms with Crippen LogP contribution < -0.4 is 5.32 Å². The number of rotatable bonds is 1. The summed E-state index contributed by atoms with van der Waals surface area (Å²) in [6.45, 7) is 0.991. The third kappa shape index (κ3) is 1.28. The molecule has 1 amide bonds. The van der Waals surface area contributed by atoms with E-state index in [0.717, 1.165) is 13.0 Å². The molecule has 2 fully saturated rings. The van der Waals surface area contributed by atoms with Gasteiger partial charge in [-0.2, -0.15) is 0 Å². The molecule has 2 unspecified atom stereocenters. The lowest BCUT2D eigenvalue weighted by Crippen LogP contribution is -2.38. The maximum Gasteiger partial charge on any atom is 0.290 e. The highest BCUT2D eigenvalue weighted by Gasteiger charge is 2.46. The van der Waals surface area contributed by atoms with E-state index in [9.17, 15) is 9.59 Å². The Bertz CT molecular complexity index is 426. The van der Waals surface area contributed by atoms with E-state index in [0.29, 0.717) is 5.76 Å². The number of hydrogen-bond acceptors (Lipinski definition) is 4. The molecule has 0 bridgehead atoms. The Balaban J connectivity index is 1.86. The Kier molecular flexibility index (Phi) is 2.07. The second kappa shape index (κ2) is 3.45. The second-order valence-corrected chi connectivity index (χ2v) is 4.16. The summed E-state index contributed by atoms with van der Waals surface area (Å²) in [5.74, 6) is 0.220. The van der Waals surface area contributed by atoms with Crippen LogP contribution in [0.4, 0.5) is 0 Å². The molecule has 0 aromatic carbocycles. The Morgan fingerprint density at radius 3 is 3.19 bits per heavy atom. The first-order valence-corrected chi connectivity index (χ1v) is 5.38. The summed E-state index contributed by atoms with van der Waals surface area (Å²) < 4.78 is 5.07. The molecule has 1 aromatic heterocycles. The lowest BCUT2D eigenvalue weighted by molar-refractivity contribution is -0.118. The molecule has 1 aromatic rings. The van der Waals surface area contributed by atoms with E-state index in [4.69, 9.17) is 4.42 Å². The van der Waals surface area contributed by atoms with Gasteiger partial charge in [0, 0.05) is 0 Å². The number of hydrogen-bond donors (Lipinski definition) is 1. The van der Waals surface area contributed by atoms with Crippen LogP contribution in [0.2, 0.25) is 0 Å². The molecule has 0 saturated carbocycles. The van der Waals surface area contributed by atoms with Gasteiger partial charge in [0.2, 0.25) is 0 Å². The molecular formula is C11H12N2O3. The molecular weight excluding hydrogens is 208 g/mol. The molecule has 2 atom stereocenters. The Morgan fingerprint density at radius 2 is 2.44 bits per heavy atom. The Morgan fingerprint density at radius 1 is 1.56 bits per heavy atom. The lowest BCUT2D eigenvalue weighted by Gasteiger charge is -2.20. The van der Waals surface area contributed by atoms with Gasteiger partial charge in [-0.15, -0.1) is 0 Å². The first kappa shape index (κ1) is 9.59. The Labute approximate surface area is 92.4 Å². The number of amides is 1. The highest BCUT2D eigenvalue weighted by atomic mass is 16.3. The standard InChI is InChI=1S/C11H12N2O3/c14-8-6-13(7-3-4-12-10(7)8)11(15)9-2-1-5-16-9/h1-2,5,7,10,12H,3-4,6H2. The van der Waals surface area contributed by atoms with Crippen LogP contribution >= 0.6 is 0 Å². The van der Waals surface area contributed by atoms with E-state index in [2.05, 4.69) is 5.32 Å². The number of furan rings is 1. The van der Waals surface area contributed by atoms with Crippen LogP contribution in [0, 0.1) is 0 Å². The van der Waals surface area contributed by atoms with Gasteiger partial charge in [-0.3, -0.25) is 9.59 Å². The predicted octanol–water partition coefficient (Wildman–Crippen LogP) is 0.0350.